The van der Waals surface area contributed by atoms with Crippen LogP contribution >= 0.6 is 0 Å². The zero-order valence-corrected chi connectivity index (χ0v) is 7.47. The quantitative estimate of drug-likeness (QED) is 0.836. The van der Waals surface area contributed by atoms with E-state index in [0.29, 0.717) is 0 Å². The summed E-state index contributed by atoms with van der Waals surface area (Å²) in [4.78, 5) is 10.7. The van der Waals surface area contributed by atoms with Gasteiger partial charge in [-0.15, -0.1) is 0 Å². The summed E-state index contributed by atoms with van der Waals surface area (Å²) < 4.78 is 39.7. The number of hydrogen-bond acceptors (Lipinski definition) is 2. The third-order valence-corrected chi connectivity index (χ3v) is 1.45. The van der Waals surface area contributed by atoms with Gasteiger partial charge in [0.2, 0.25) is 5.91 Å². The first kappa shape index (κ1) is 11.4. The lowest BCUT2D eigenvalue weighted by Crippen LogP contribution is -2.19. The van der Waals surface area contributed by atoms with Crippen LogP contribution in [0.25, 0.3) is 0 Å². The number of alkyl halides is 3. The van der Waals surface area contributed by atoms with Gasteiger partial charge in [-0.1, -0.05) is 0 Å². The Bertz CT molecular complexity index is 363. The maximum Gasteiger partial charge on any atom is 0.422 e. The zero-order chi connectivity index (χ0) is 11.5. The third kappa shape index (κ3) is 3.88. The lowest BCUT2D eigenvalue weighted by atomic mass is 10.2. The van der Waals surface area contributed by atoms with E-state index in [4.69, 9.17) is 5.73 Å². The van der Waals surface area contributed by atoms with Gasteiger partial charge in [-0.2, -0.15) is 13.2 Å². The molecule has 3 nitrogen and oxygen atoms in total. The summed E-state index contributed by atoms with van der Waals surface area (Å²) in [6.45, 7) is -1.41. The number of primary amides is 1. The summed E-state index contributed by atoms with van der Waals surface area (Å²) in [5.74, 6) is -0.840. The van der Waals surface area contributed by atoms with E-state index < -0.39 is 18.7 Å². The van der Waals surface area contributed by atoms with Gasteiger partial charge in [-0.05, 0) is 24.3 Å². The van der Waals surface area contributed by atoms with Crippen molar-refractivity contribution in [1.82, 2.24) is 0 Å². The molecular formula is C9H7F3NO2. The number of rotatable bonds is 3. The molecule has 15 heavy (non-hydrogen) atoms. The Morgan fingerprint density at radius 3 is 2.67 bits per heavy atom. The van der Waals surface area contributed by atoms with Gasteiger partial charge in [0.1, 0.15) is 5.75 Å². The lowest BCUT2D eigenvalue weighted by molar-refractivity contribution is -0.153. The van der Waals surface area contributed by atoms with Crippen molar-refractivity contribution in [2.45, 2.75) is 6.18 Å². The van der Waals surface area contributed by atoms with Crippen molar-refractivity contribution in [3.05, 3.63) is 29.8 Å². The molecule has 0 aliphatic rings. The summed E-state index contributed by atoms with van der Waals surface area (Å²) >= 11 is 0. The van der Waals surface area contributed by atoms with Crippen LogP contribution in [0.2, 0.25) is 0 Å². The molecule has 6 heteroatoms. The highest BCUT2D eigenvalue weighted by molar-refractivity contribution is 5.93. The van der Waals surface area contributed by atoms with Gasteiger partial charge in [0, 0.05) is 5.56 Å². The van der Waals surface area contributed by atoms with Crippen molar-refractivity contribution >= 4 is 5.91 Å². The average Bonchev–Trinajstić information content (AvgIpc) is 2.14. The molecule has 0 saturated heterocycles. The van der Waals surface area contributed by atoms with Gasteiger partial charge in [0.25, 0.3) is 0 Å². The number of nitrogens with two attached hydrogens (primary N) is 1. The summed E-state index contributed by atoms with van der Waals surface area (Å²) in [6.07, 6.45) is -4.41. The average molecular weight is 218 g/mol. The number of carbonyl (C=O) groups excluding carboxylic acids is 1. The molecule has 1 aromatic rings. The molecule has 0 atom stereocenters. The highest BCUT2D eigenvalue weighted by atomic mass is 19.4. The molecule has 0 aliphatic carbocycles. The van der Waals surface area contributed by atoms with E-state index in [1.54, 1.807) is 0 Å². The SMILES string of the molecule is NC(=O)c1c[c]cc(OCC(F)(F)F)c1. The Morgan fingerprint density at radius 2 is 2.13 bits per heavy atom. The Balaban J connectivity index is 2.70. The first-order chi connectivity index (χ1) is 6.88. The van der Waals surface area contributed by atoms with Crippen molar-refractivity contribution in [3.63, 3.8) is 0 Å². The van der Waals surface area contributed by atoms with Gasteiger partial charge in [0.15, 0.2) is 6.61 Å². The second-order valence-electron chi connectivity index (χ2n) is 2.73. The molecule has 0 fully saturated rings. The molecule has 1 amide bonds. The lowest BCUT2D eigenvalue weighted by Gasteiger charge is -2.09. The summed E-state index contributed by atoms with van der Waals surface area (Å²) in [6, 6.07) is 6.04. The fraction of sp³-hybridized carbons (Fsp3) is 0.222. The first-order valence-electron chi connectivity index (χ1n) is 3.89. The highest BCUT2D eigenvalue weighted by Gasteiger charge is 2.28. The number of hydrogen-bond donors (Lipinski definition) is 1. The molecular weight excluding hydrogens is 211 g/mol. The number of carbonyl (C=O) groups is 1. The van der Waals surface area contributed by atoms with Crippen LogP contribution in [-0.4, -0.2) is 18.7 Å². The number of benzene rings is 1. The Morgan fingerprint density at radius 1 is 1.47 bits per heavy atom. The first-order valence-corrected chi connectivity index (χ1v) is 3.89. The van der Waals surface area contributed by atoms with Crippen LogP contribution in [0.15, 0.2) is 18.2 Å². The number of ether oxygens (including phenoxy) is 1. The molecule has 1 radical (unpaired) electrons. The smallest absolute Gasteiger partial charge is 0.422 e. The normalized spacial score (nSPS) is 11.1. The minimum absolute atomic E-state index is 0.0506. The fourth-order valence-corrected chi connectivity index (χ4v) is 0.841. The molecule has 0 unspecified atom stereocenters. The molecule has 0 bridgehead atoms. The van der Waals surface area contributed by atoms with Crippen molar-refractivity contribution < 1.29 is 22.7 Å². The second kappa shape index (κ2) is 4.20. The predicted molar refractivity (Wildman–Crippen MR) is 45.3 cm³/mol. The Hall–Kier alpha value is -1.72. The summed E-state index contributed by atoms with van der Waals surface area (Å²) in [5, 5.41) is 0. The summed E-state index contributed by atoms with van der Waals surface area (Å²) in [7, 11) is 0. The van der Waals surface area contributed by atoms with Crippen molar-refractivity contribution in [2.24, 2.45) is 5.73 Å². The van der Waals surface area contributed by atoms with E-state index in [-0.39, 0.29) is 11.3 Å². The van der Waals surface area contributed by atoms with Gasteiger partial charge in [0.05, 0.1) is 0 Å². The topological polar surface area (TPSA) is 52.3 Å². The third-order valence-electron chi connectivity index (χ3n) is 1.45. The molecule has 0 heterocycles. The number of halogens is 3. The molecule has 0 aliphatic heterocycles. The van der Waals surface area contributed by atoms with Crippen LogP contribution in [0.1, 0.15) is 10.4 Å². The monoisotopic (exact) mass is 218 g/mol. The summed E-state index contributed by atoms with van der Waals surface area (Å²) in [5.41, 5.74) is 4.98. The van der Waals surface area contributed by atoms with Crippen LogP contribution in [0.3, 0.4) is 0 Å². The minimum Gasteiger partial charge on any atom is -0.484 e. The van der Waals surface area contributed by atoms with E-state index >= 15 is 0 Å². The van der Waals surface area contributed by atoms with E-state index in [1.165, 1.54) is 12.1 Å². The van der Waals surface area contributed by atoms with Gasteiger partial charge in [-0.3, -0.25) is 4.79 Å². The maximum absolute atomic E-state index is 11.8. The van der Waals surface area contributed by atoms with E-state index in [0.717, 1.165) is 6.07 Å². The van der Waals surface area contributed by atoms with Crippen molar-refractivity contribution in [3.8, 4) is 5.75 Å². The Labute approximate surface area is 83.6 Å². The van der Waals surface area contributed by atoms with Crippen LogP contribution in [-0.2, 0) is 0 Å². The molecule has 1 aromatic carbocycles. The fourth-order valence-electron chi connectivity index (χ4n) is 0.841. The minimum atomic E-state index is -4.41. The van der Waals surface area contributed by atoms with Crippen molar-refractivity contribution in [2.75, 3.05) is 6.61 Å². The number of amides is 1. The van der Waals surface area contributed by atoms with Gasteiger partial charge in [-0.25, -0.2) is 0 Å². The van der Waals surface area contributed by atoms with E-state index in [1.807, 2.05) is 0 Å². The molecule has 0 aromatic heterocycles. The van der Waals surface area contributed by atoms with Gasteiger partial charge < -0.3 is 10.5 Å². The molecule has 81 valence electrons. The molecule has 0 spiro atoms. The van der Waals surface area contributed by atoms with Crippen LogP contribution in [0, 0.1) is 6.07 Å². The van der Waals surface area contributed by atoms with E-state index in [2.05, 4.69) is 10.8 Å². The highest BCUT2D eigenvalue weighted by Crippen LogP contribution is 2.18. The maximum atomic E-state index is 11.8. The van der Waals surface area contributed by atoms with Crippen molar-refractivity contribution in [1.29, 1.82) is 0 Å². The van der Waals surface area contributed by atoms with Crippen LogP contribution < -0.4 is 10.5 Å². The standard InChI is InChI=1S/C9H7F3NO2/c10-9(11,12)5-15-7-3-1-2-6(4-7)8(13)14/h2-4H,5H2,(H2,13,14). The molecule has 0 saturated carbocycles. The second-order valence-corrected chi connectivity index (χ2v) is 2.73. The predicted octanol–water partition coefficient (Wildman–Crippen LogP) is 1.53. The molecule has 2 N–H and O–H groups in total. The van der Waals surface area contributed by atoms with E-state index in [9.17, 15) is 18.0 Å². The largest absolute Gasteiger partial charge is 0.484 e. The van der Waals surface area contributed by atoms with Crippen LogP contribution in [0.5, 0.6) is 5.75 Å². The molecule has 1 rings (SSSR count). The zero-order valence-electron chi connectivity index (χ0n) is 7.47. The van der Waals surface area contributed by atoms with Gasteiger partial charge >= 0.3 is 6.18 Å². The van der Waals surface area contributed by atoms with Crippen LogP contribution in [0.4, 0.5) is 13.2 Å². The Kier molecular flexibility index (Phi) is 3.18.